The molecule has 0 aromatic carbocycles. The van der Waals surface area contributed by atoms with Crippen LogP contribution in [0.4, 0.5) is 0 Å². The quantitative estimate of drug-likeness (QED) is 0.681. The predicted molar refractivity (Wildman–Crippen MR) is 94.8 cm³/mol. The summed E-state index contributed by atoms with van der Waals surface area (Å²) >= 11 is 0. The fourth-order valence-corrected chi connectivity index (χ4v) is 2.90. The molecule has 1 saturated heterocycles. The van der Waals surface area contributed by atoms with Gasteiger partial charge in [0, 0.05) is 32.0 Å². The molecule has 1 aromatic heterocycles. The van der Waals surface area contributed by atoms with Crippen LogP contribution in [-0.4, -0.2) is 61.6 Å². The summed E-state index contributed by atoms with van der Waals surface area (Å²) in [5.74, 6) is 0.422. The zero-order valence-corrected chi connectivity index (χ0v) is 14.9. The largest absolute Gasteiger partial charge is 0.362 e. The van der Waals surface area contributed by atoms with Crippen LogP contribution in [0.1, 0.15) is 24.8 Å². The van der Waals surface area contributed by atoms with Gasteiger partial charge >= 0.3 is 0 Å². The summed E-state index contributed by atoms with van der Waals surface area (Å²) in [6.07, 6.45) is 6.62. The third-order valence-corrected chi connectivity index (χ3v) is 4.44. The van der Waals surface area contributed by atoms with Crippen LogP contribution in [0.3, 0.4) is 0 Å². The number of nitrogens with zero attached hydrogens (tertiary/aromatic N) is 2. The first kappa shape index (κ1) is 19.3. The van der Waals surface area contributed by atoms with Crippen molar-refractivity contribution in [3.05, 3.63) is 30.1 Å². The highest BCUT2D eigenvalue weighted by atomic mass is 16.5. The van der Waals surface area contributed by atoms with Gasteiger partial charge in [-0.1, -0.05) is 6.07 Å². The van der Waals surface area contributed by atoms with Crippen LogP contribution < -0.4 is 10.6 Å². The first-order chi connectivity index (χ1) is 12.2. The standard InChI is InChI=1S/C18H28N4O3/c1-19-8-4-15-5-9-22(10-6-15)18(24)14-25-13-17(23)21-12-16-3-2-7-20-11-16/h2-3,7,11,15,19H,4-6,8-10,12-14H2,1H3,(H,21,23). The number of piperidine rings is 1. The van der Waals surface area contributed by atoms with Crippen LogP contribution in [0.2, 0.25) is 0 Å². The number of hydrogen-bond donors (Lipinski definition) is 2. The maximum absolute atomic E-state index is 12.1. The Kier molecular flexibility index (Phi) is 8.34. The van der Waals surface area contributed by atoms with Crippen molar-refractivity contribution >= 4 is 11.8 Å². The Bertz CT molecular complexity index is 530. The molecular formula is C18H28N4O3. The molecular weight excluding hydrogens is 320 g/mol. The maximum Gasteiger partial charge on any atom is 0.248 e. The molecule has 1 aliphatic heterocycles. The average Bonchev–Trinajstić information content (AvgIpc) is 2.66. The van der Waals surface area contributed by atoms with E-state index in [0.717, 1.165) is 44.5 Å². The van der Waals surface area contributed by atoms with E-state index in [4.69, 9.17) is 4.74 Å². The molecule has 7 heteroatoms. The Morgan fingerprint density at radius 2 is 2.12 bits per heavy atom. The van der Waals surface area contributed by atoms with Crippen molar-refractivity contribution in [3.8, 4) is 0 Å². The van der Waals surface area contributed by atoms with Gasteiger partial charge in [-0.15, -0.1) is 0 Å². The number of nitrogens with one attached hydrogen (secondary N) is 2. The molecule has 2 N–H and O–H groups in total. The number of rotatable bonds is 9. The number of ether oxygens (including phenoxy) is 1. The minimum atomic E-state index is -0.234. The molecule has 0 aliphatic carbocycles. The Labute approximate surface area is 149 Å². The predicted octanol–water partition coefficient (Wildman–Crippen LogP) is 0.563. The van der Waals surface area contributed by atoms with Crippen LogP contribution in [0, 0.1) is 5.92 Å². The smallest absolute Gasteiger partial charge is 0.248 e. The van der Waals surface area contributed by atoms with E-state index in [1.165, 1.54) is 0 Å². The summed E-state index contributed by atoms with van der Waals surface area (Å²) in [6, 6.07) is 3.70. The molecule has 0 radical (unpaired) electrons. The lowest BCUT2D eigenvalue weighted by atomic mass is 9.93. The molecule has 2 amide bonds. The lowest BCUT2D eigenvalue weighted by Gasteiger charge is -2.32. The van der Waals surface area contributed by atoms with Gasteiger partial charge in [-0.3, -0.25) is 14.6 Å². The molecule has 0 saturated carbocycles. The number of aromatic nitrogens is 1. The average molecular weight is 348 g/mol. The molecule has 2 heterocycles. The molecule has 1 aliphatic rings. The van der Waals surface area contributed by atoms with E-state index in [-0.39, 0.29) is 25.0 Å². The van der Waals surface area contributed by atoms with E-state index in [1.54, 1.807) is 12.4 Å². The van der Waals surface area contributed by atoms with E-state index < -0.39 is 0 Å². The minimum Gasteiger partial charge on any atom is -0.362 e. The van der Waals surface area contributed by atoms with Gasteiger partial charge in [-0.2, -0.15) is 0 Å². The number of amides is 2. The fourth-order valence-electron chi connectivity index (χ4n) is 2.90. The summed E-state index contributed by atoms with van der Waals surface area (Å²) in [7, 11) is 1.96. The molecule has 2 rings (SSSR count). The van der Waals surface area contributed by atoms with Crippen LogP contribution in [0.25, 0.3) is 0 Å². The lowest BCUT2D eigenvalue weighted by Crippen LogP contribution is -2.41. The van der Waals surface area contributed by atoms with Crippen LogP contribution in [0.5, 0.6) is 0 Å². The Hall–Kier alpha value is -1.99. The molecule has 1 aromatic rings. The fraction of sp³-hybridized carbons (Fsp3) is 0.611. The SMILES string of the molecule is CNCCC1CCN(C(=O)COCC(=O)NCc2cccnc2)CC1. The summed E-state index contributed by atoms with van der Waals surface area (Å²) in [6.45, 7) is 2.85. The second-order valence-electron chi connectivity index (χ2n) is 6.35. The highest BCUT2D eigenvalue weighted by Crippen LogP contribution is 2.19. The van der Waals surface area contributed by atoms with Gasteiger partial charge in [0.1, 0.15) is 13.2 Å². The second-order valence-corrected chi connectivity index (χ2v) is 6.35. The first-order valence-electron chi connectivity index (χ1n) is 8.84. The van der Waals surface area contributed by atoms with E-state index in [9.17, 15) is 9.59 Å². The van der Waals surface area contributed by atoms with Crippen molar-refractivity contribution in [2.45, 2.75) is 25.8 Å². The first-order valence-corrected chi connectivity index (χ1v) is 8.84. The van der Waals surface area contributed by atoms with Crippen LogP contribution >= 0.6 is 0 Å². The minimum absolute atomic E-state index is 0.0351. The monoisotopic (exact) mass is 348 g/mol. The van der Waals surface area contributed by atoms with Crippen LogP contribution in [-0.2, 0) is 20.9 Å². The maximum atomic E-state index is 12.1. The van der Waals surface area contributed by atoms with Crippen LogP contribution in [0.15, 0.2) is 24.5 Å². The zero-order valence-electron chi connectivity index (χ0n) is 14.9. The van der Waals surface area contributed by atoms with Gasteiger partial charge in [-0.05, 0) is 50.4 Å². The molecule has 1 fully saturated rings. The van der Waals surface area contributed by atoms with Crippen molar-refractivity contribution < 1.29 is 14.3 Å². The van der Waals surface area contributed by atoms with E-state index in [1.807, 2.05) is 24.1 Å². The van der Waals surface area contributed by atoms with Crippen molar-refractivity contribution in [2.24, 2.45) is 5.92 Å². The summed E-state index contributed by atoms with van der Waals surface area (Å²) in [5, 5.41) is 5.91. The number of carbonyl (C=O) groups excluding carboxylic acids is 2. The lowest BCUT2D eigenvalue weighted by molar-refractivity contribution is -0.139. The third kappa shape index (κ3) is 7.19. The topological polar surface area (TPSA) is 83.6 Å². The molecule has 25 heavy (non-hydrogen) atoms. The number of hydrogen-bond acceptors (Lipinski definition) is 5. The van der Waals surface area contributed by atoms with E-state index in [2.05, 4.69) is 15.6 Å². The molecule has 0 unspecified atom stereocenters. The summed E-state index contributed by atoms with van der Waals surface area (Å²) < 4.78 is 5.26. The Balaban J connectivity index is 1.57. The summed E-state index contributed by atoms with van der Waals surface area (Å²) in [4.78, 5) is 29.7. The molecule has 7 nitrogen and oxygen atoms in total. The normalized spacial score (nSPS) is 15.2. The number of carbonyl (C=O) groups is 2. The van der Waals surface area contributed by atoms with Gasteiger partial charge in [0.05, 0.1) is 0 Å². The van der Waals surface area contributed by atoms with Crippen molar-refractivity contribution in [2.75, 3.05) is 39.9 Å². The summed E-state index contributed by atoms with van der Waals surface area (Å²) in [5.41, 5.74) is 0.924. The van der Waals surface area contributed by atoms with Crippen molar-refractivity contribution in [3.63, 3.8) is 0 Å². The third-order valence-electron chi connectivity index (χ3n) is 4.44. The molecule has 0 spiro atoms. The van der Waals surface area contributed by atoms with Gasteiger partial charge < -0.3 is 20.3 Å². The van der Waals surface area contributed by atoms with Gasteiger partial charge in [0.15, 0.2) is 0 Å². The van der Waals surface area contributed by atoms with E-state index in [0.29, 0.717) is 12.5 Å². The molecule has 138 valence electrons. The van der Waals surface area contributed by atoms with E-state index >= 15 is 0 Å². The highest BCUT2D eigenvalue weighted by Gasteiger charge is 2.22. The highest BCUT2D eigenvalue weighted by molar-refractivity contribution is 5.79. The second kappa shape index (κ2) is 10.8. The van der Waals surface area contributed by atoms with Gasteiger partial charge in [0.2, 0.25) is 11.8 Å². The van der Waals surface area contributed by atoms with Crippen molar-refractivity contribution in [1.82, 2.24) is 20.5 Å². The molecule has 0 atom stereocenters. The Morgan fingerprint density at radius 1 is 1.32 bits per heavy atom. The zero-order chi connectivity index (χ0) is 17.9. The Morgan fingerprint density at radius 3 is 2.80 bits per heavy atom. The van der Waals surface area contributed by atoms with Gasteiger partial charge in [0.25, 0.3) is 0 Å². The van der Waals surface area contributed by atoms with Gasteiger partial charge in [-0.25, -0.2) is 0 Å². The van der Waals surface area contributed by atoms with Crippen molar-refractivity contribution in [1.29, 1.82) is 0 Å². The number of pyridine rings is 1. The number of likely N-dealkylation sites (tertiary alicyclic amines) is 1. The molecule has 0 bridgehead atoms.